The third-order valence-corrected chi connectivity index (χ3v) is 2.66. The largest absolute Gasteiger partial charge is 0.434 e. The molecule has 6 heteroatoms. The lowest BCUT2D eigenvalue weighted by atomic mass is 10.1. The average Bonchev–Trinajstić information content (AvgIpc) is 2.10. The van der Waals surface area contributed by atoms with E-state index in [9.17, 15) is 13.6 Å². The van der Waals surface area contributed by atoms with Gasteiger partial charge in [-0.05, 0) is 41.6 Å². The van der Waals surface area contributed by atoms with Gasteiger partial charge in [-0.2, -0.15) is 8.78 Å². The first-order valence-corrected chi connectivity index (χ1v) is 5.05. The Bertz CT molecular complexity index is 396. The molecule has 0 amide bonds. The predicted molar refractivity (Wildman–Crippen MR) is 60.2 cm³/mol. The maximum Gasteiger partial charge on any atom is 0.387 e. The van der Waals surface area contributed by atoms with E-state index in [0.717, 1.165) is 0 Å². The van der Waals surface area contributed by atoms with Crippen molar-refractivity contribution in [3.63, 3.8) is 0 Å². The van der Waals surface area contributed by atoms with Crippen LogP contribution in [0.5, 0.6) is 5.75 Å². The van der Waals surface area contributed by atoms with Crippen molar-refractivity contribution in [3.8, 4) is 5.75 Å². The fourth-order valence-electron chi connectivity index (χ4n) is 1.13. The molecule has 1 rings (SSSR count). The van der Waals surface area contributed by atoms with Gasteiger partial charge in [-0.15, -0.1) is 0 Å². The number of nitrogens with two attached hydrogens (primary N) is 1. The molecule has 0 spiro atoms. The maximum absolute atomic E-state index is 12.0. The normalized spacial score (nSPS) is 10.5. The number of nitrogen functional groups attached to an aromatic ring is 1. The van der Waals surface area contributed by atoms with Crippen LogP contribution in [0.4, 0.5) is 14.5 Å². The van der Waals surface area contributed by atoms with Crippen molar-refractivity contribution in [2.45, 2.75) is 13.5 Å². The standard InChI is InChI=1S/C9H8F2INO2/c1-4(14)7-6(15-9(10)11)3-2-5(12)8(7)13/h2-3,9H,13H2,1H3. The van der Waals surface area contributed by atoms with Crippen LogP contribution in [0.2, 0.25) is 0 Å². The number of alkyl halides is 2. The second-order valence-corrected chi connectivity index (χ2v) is 3.93. The number of ether oxygens (including phenoxy) is 1. The lowest BCUT2D eigenvalue weighted by Crippen LogP contribution is -2.09. The van der Waals surface area contributed by atoms with Crippen molar-refractivity contribution < 1.29 is 18.3 Å². The van der Waals surface area contributed by atoms with Crippen LogP contribution in [-0.2, 0) is 0 Å². The van der Waals surface area contributed by atoms with E-state index in [4.69, 9.17) is 5.73 Å². The minimum Gasteiger partial charge on any atom is -0.434 e. The maximum atomic E-state index is 12.0. The van der Waals surface area contributed by atoms with Crippen LogP contribution in [0.15, 0.2) is 12.1 Å². The molecular weight excluding hydrogens is 319 g/mol. The number of Topliss-reactive ketones (excluding diaryl/α,β-unsaturated/α-hetero) is 1. The third kappa shape index (κ3) is 2.77. The first kappa shape index (κ1) is 12.2. The third-order valence-electron chi connectivity index (χ3n) is 1.72. The van der Waals surface area contributed by atoms with Crippen LogP contribution in [0.1, 0.15) is 17.3 Å². The number of hydrogen-bond donors (Lipinski definition) is 1. The van der Waals surface area contributed by atoms with Crippen molar-refractivity contribution in [2.75, 3.05) is 5.73 Å². The molecule has 2 N–H and O–H groups in total. The first-order valence-electron chi connectivity index (χ1n) is 3.97. The molecule has 15 heavy (non-hydrogen) atoms. The van der Waals surface area contributed by atoms with E-state index in [-0.39, 0.29) is 17.0 Å². The van der Waals surface area contributed by atoms with Gasteiger partial charge in [0.05, 0.1) is 11.3 Å². The summed E-state index contributed by atoms with van der Waals surface area (Å²) >= 11 is 1.91. The lowest BCUT2D eigenvalue weighted by molar-refractivity contribution is -0.0500. The Hall–Kier alpha value is -0.920. The fourth-order valence-corrected chi connectivity index (χ4v) is 1.58. The smallest absolute Gasteiger partial charge is 0.387 e. The van der Waals surface area contributed by atoms with Crippen molar-refractivity contribution >= 4 is 34.1 Å². The summed E-state index contributed by atoms with van der Waals surface area (Å²) in [6, 6.07) is 2.82. The Morgan fingerprint density at radius 2 is 2.13 bits per heavy atom. The minimum atomic E-state index is -2.97. The number of halogens is 3. The Morgan fingerprint density at radius 3 is 2.60 bits per heavy atom. The van der Waals surface area contributed by atoms with Gasteiger partial charge in [0, 0.05) is 3.57 Å². The first-order chi connectivity index (χ1) is 6.93. The van der Waals surface area contributed by atoms with Gasteiger partial charge in [-0.3, -0.25) is 4.79 Å². The number of anilines is 1. The molecule has 0 atom stereocenters. The highest BCUT2D eigenvalue weighted by Gasteiger charge is 2.17. The van der Waals surface area contributed by atoms with Crippen LogP contribution in [0.25, 0.3) is 0 Å². The van der Waals surface area contributed by atoms with Crippen LogP contribution in [0.3, 0.4) is 0 Å². The Morgan fingerprint density at radius 1 is 1.53 bits per heavy atom. The van der Waals surface area contributed by atoms with E-state index in [1.54, 1.807) is 0 Å². The quantitative estimate of drug-likeness (QED) is 0.528. The lowest BCUT2D eigenvalue weighted by Gasteiger charge is -2.11. The van der Waals surface area contributed by atoms with E-state index in [2.05, 4.69) is 4.74 Å². The van der Waals surface area contributed by atoms with Crippen LogP contribution in [-0.4, -0.2) is 12.4 Å². The fraction of sp³-hybridized carbons (Fsp3) is 0.222. The van der Waals surface area contributed by atoms with Gasteiger partial charge in [-0.25, -0.2) is 0 Å². The number of ketones is 1. The Balaban J connectivity index is 3.27. The van der Waals surface area contributed by atoms with E-state index < -0.39 is 12.4 Å². The van der Waals surface area contributed by atoms with Gasteiger partial charge in [-0.1, -0.05) is 0 Å². The van der Waals surface area contributed by atoms with Crippen LogP contribution >= 0.6 is 22.6 Å². The monoisotopic (exact) mass is 327 g/mol. The molecule has 1 aromatic carbocycles. The summed E-state index contributed by atoms with van der Waals surface area (Å²) in [5, 5.41) is 0. The highest BCUT2D eigenvalue weighted by atomic mass is 127. The molecule has 0 aliphatic carbocycles. The van der Waals surface area contributed by atoms with Crippen molar-refractivity contribution in [1.29, 1.82) is 0 Å². The number of carbonyl (C=O) groups excluding carboxylic acids is 1. The van der Waals surface area contributed by atoms with Gasteiger partial charge in [0.25, 0.3) is 0 Å². The molecule has 0 saturated heterocycles. The molecule has 0 bridgehead atoms. The molecule has 0 unspecified atom stereocenters. The molecule has 0 saturated carbocycles. The second-order valence-electron chi connectivity index (χ2n) is 2.77. The topological polar surface area (TPSA) is 52.3 Å². The van der Waals surface area contributed by atoms with Crippen LogP contribution < -0.4 is 10.5 Å². The molecule has 0 aliphatic rings. The molecule has 1 aromatic rings. The van der Waals surface area contributed by atoms with Gasteiger partial charge < -0.3 is 10.5 Å². The van der Waals surface area contributed by atoms with E-state index in [0.29, 0.717) is 3.57 Å². The number of carbonyl (C=O) groups is 1. The van der Waals surface area contributed by atoms with Crippen molar-refractivity contribution in [1.82, 2.24) is 0 Å². The summed E-state index contributed by atoms with van der Waals surface area (Å²) in [4.78, 5) is 11.2. The molecule has 3 nitrogen and oxygen atoms in total. The molecule has 82 valence electrons. The summed E-state index contributed by atoms with van der Waals surface area (Å²) < 4.78 is 28.9. The van der Waals surface area contributed by atoms with Gasteiger partial charge in [0.1, 0.15) is 5.75 Å². The zero-order chi connectivity index (χ0) is 11.6. The summed E-state index contributed by atoms with van der Waals surface area (Å²) in [6.45, 7) is -1.72. The van der Waals surface area contributed by atoms with E-state index in [1.165, 1.54) is 19.1 Å². The Kier molecular flexibility index (Phi) is 3.83. The Labute approximate surface area is 98.7 Å². The molecule has 0 heterocycles. The summed E-state index contributed by atoms with van der Waals surface area (Å²) in [6.07, 6.45) is 0. The summed E-state index contributed by atoms with van der Waals surface area (Å²) in [5.74, 6) is -0.586. The zero-order valence-corrected chi connectivity index (χ0v) is 9.92. The predicted octanol–water partition coefficient (Wildman–Crippen LogP) is 2.68. The second kappa shape index (κ2) is 4.73. The average molecular weight is 327 g/mol. The molecule has 0 fully saturated rings. The van der Waals surface area contributed by atoms with Gasteiger partial charge >= 0.3 is 6.61 Å². The highest BCUT2D eigenvalue weighted by molar-refractivity contribution is 14.1. The minimum absolute atomic E-state index is 0.00204. The van der Waals surface area contributed by atoms with E-state index >= 15 is 0 Å². The van der Waals surface area contributed by atoms with Crippen LogP contribution in [0, 0.1) is 3.57 Å². The molecule has 0 aromatic heterocycles. The number of hydrogen-bond acceptors (Lipinski definition) is 3. The number of rotatable bonds is 3. The summed E-state index contributed by atoms with van der Waals surface area (Å²) in [7, 11) is 0. The van der Waals surface area contributed by atoms with Crippen molar-refractivity contribution in [2.24, 2.45) is 0 Å². The zero-order valence-electron chi connectivity index (χ0n) is 7.76. The van der Waals surface area contributed by atoms with Gasteiger partial charge in [0.2, 0.25) is 0 Å². The molecular formula is C9H8F2INO2. The van der Waals surface area contributed by atoms with Gasteiger partial charge in [0.15, 0.2) is 5.78 Å². The molecule has 0 aliphatic heterocycles. The van der Waals surface area contributed by atoms with E-state index in [1.807, 2.05) is 22.6 Å². The SMILES string of the molecule is CC(=O)c1c(OC(F)F)ccc(I)c1N. The van der Waals surface area contributed by atoms with Crippen molar-refractivity contribution in [3.05, 3.63) is 21.3 Å². The summed E-state index contributed by atoms with van der Waals surface area (Å²) in [5.41, 5.74) is 5.78. The highest BCUT2D eigenvalue weighted by Crippen LogP contribution is 2.30. The number of benzene rings is 1. The molecule has 0 radical (unpaired) electrons.